The average molecular weight is 282 g/mol. The van der Waals surface area contributed by atoms with Gasteiger partial charge in [-0.15, -0.1) is 0 Å². The average Bonchev–Trinajstić information content (AvgIpc) is 2.46. The SMILES string of the molecule is CN(C(=O)N1CCOCC1C(=O)O)c1ccc(F)cc1. The van der Waals surface area contributed by atoms with Gasteiger partial charge < -0.3 is 14.7 Å². The molecule has 0 aromatic heterocycles. The Bertz CT molecular complexity index is 506. The molecule has 1 saturated heterocycles. The van der Waals surface area contributed by atoms with Gasteiger partial charge >= 0.3 is 12.0 Å². The molecule has 1 unspecified atom stereocenters. The third kappa shape index (κ3) is 2.88. The van der Waals surface area contributed by atoms with E-state index < -0.39 is 23.9 Å². The van der Waals surface area contributed by atoms with Gasteiger partial charge in [-0.2, -0.15) is 0 Å². The number of hydrogen-bond acceptors (Lipinski definition) is 3. The van der Waals surface area contributed by atoms with E-state index in [1.807, 2.05) is 0 Å². The number of carbonyl (C=O) groups excluding carboxylic acids is 1. The van der Waals surface area contributed by atoms with Gasteiger partial charge in [0.25, 0.3) is 0 Å². The minimum Gasteiger partial charge on any atom is -0.480 e. The number of benzene rings is 1. The molecule has 1 aromatic rings. The van der Waals surface area contributed by atoms with E-state index in [0.29, 0.717) is 12.3 Å². The molecule has 1 atom stereocenters. The molecule has 20 heavy (non-hydrogen) atoms. The Morgan fingerprint density at radius 1 is 1.40 bits per heavy atom. The van der Waals surface area contributed by atoms with Gasteiger partial charge in [-0.3, -0.25) is 4.90 Å². The van der Waals surface area contributed by atoms with Gasteiger partial charge in [0.05, 0.1) is 13.2 Å². The van der Waals surface area contributed by atoms with Crippen molar-refractivity contribution in [3.05, 3.63) is 30.1 Å². The summed E-state index contributed by atoms with van der Waals surface area (Å²) in [6.45, 7) is 0.479. The van der Waals surface area contributed by atoms with Crippen molar-refractivity contribution in [2.24, 2.45) is 0 Å². The number of nitrogens with zero attached hydrogens (tertiary/aromatic N) is 2. The number of carboxylic acids is 1. The summed E-state index contributed by atoms with van der Waals surface area (Å²) in [5.41, 5.74) is 0.493. The molecule has 0 spiro atoms. The monoisotopic (exact) mass is 282 g/mol. The van der Waals surface area contributed by atoms with Gasteiger partial charge in [0, 0.05) is 19.3 Å². The maximum atomic E-state index is 12.9. The largest absolute Gasteiger partial charge is 0.480 e. The molecule has 1 N–H and O–H groups in total. The Kier molecular flexibility index (Phi) is 4.19. The molecule has 2 rings (SSSR count). The highest BCUT2D eigenvalue weighted by Crippen LogP contribution is 2.17. The Hall–Kier alpha value is -2.15. The first-order valence-electron chi connectivity index (χ1n) is 6.11. The summed E-state index contributed by atoms with van der Waals surface area (Å²) in [7, 11) is 1.52. The first kappa shape index (κ1) is 14.3. The summed E-state index contributed by atoms with van der Waals surface area (Å²) < 4.78 is 17.9. The van der Waals surface area contributed by atoms with Crippen molar-refractivity contribution in [3.63, 3.8) is 0 Å². The molecule has 1 aromatic carbocycles. The molecular formula is C13H15FN2O4. The molecular weight excluding hydrogens is 267 g/mol. The fraction of sp³-hybridized carbons (Fsp3) is 0.385. The van der Waals surface area contributed by atoms with E-state index in [9.17, 15) is 14.0 Å². The minimum absolute atomic E-state index is 0.0294. The fourth-order valence-corrected chi connectivity index (χ4v) is 2.01. The van der Waals surface area contributed by atoms with Crippen molar-refractivity contribution >= 4 is 17.7 Å². The zero-order valence-corrected chi connectivity index (χ0v) is 11.0. The highest BCUT2D eigenvalue weighted by molar-refractivity contribution is 5.94. The van der Waals surface area contributed by atoms with Gasteiger partial charge in [0.1, 0.15) is 5.82 Å². The summed E-state index contributed by atoms with van der Waals surface area (Å²) in [6.07, 6.45) is 0. The van der Waals surface area contributed by atoms with Crippen LogP contribution >= 0.6 is 0 Å². The molecule has 6 nitrogen and oxygen atoms in total. The summed E-state index contributed by atoms with van der Waals surface area (Å²) in [5, 5.41) is 9.10. The minimum atomic E-state index is -1.11. The zero-order valence-electron chi connectivity index (χ0n) is 11.0. The summed E-state index contributed by atoms with van der Waals surface area (Å²) >= 11 is 0. The van der Waals surface area contributed by atoms with E-state index in [-0.39, 0.29) is 13.2 Å². The smallest absolute Gasteiger partial charge is 0.328 e. The number of hydrogen-bond donors (Lipinski definition) is 1. The van der Waals surface area contributed by atoms with Crippen molar-refractivity contribution in [1.29, 1.82) is 0 Å². The van der Waals surface area contributed by atoms with Crippen LogP contribution in [-0.2, 0) is 9.53 Å². The fourth-order valence-electron chi connectivity index (χ4n) is 2.01. The van der Waals surface area contributed by atoms with E-state index in [1.165, 1.54) is 41.1 Å². The molecule has 2 amide bonds. The van der Waals surface area contributed by atoms with Crippen molar-refractivity contribution < 1.29 is 23.8 Å². The molecule has 0 radical (unpaired) electrons. The van der Waals surface area contributed by atoms with Gasteiger partial charge in [0.2, 0.25) is 0 Å². The number of ether oxygens (including phenoxy) is 1. The lowest BCUT2D eigenvalue weighted by Crippen LogP contribution is -2.56. The third-order valence-corrected chi connectivity index (χ3v) is 3.16. The maximum absolute atomic E-state index is 12.9. The molecule has 108 valence electrons. The van der Waals surface area contributed by atoms with Gasteiger partial charge in [-0.1, -0.05) is 0 Å². The van der Waals surface area contributed by atoms with E-state index in [0.717, 1.165) is 0 Å². The summed E-state index contributed by atoms with van der Waals surface area (Å²) in [6, 6.07) is 3.96. The first-order valence-corrected chi connectivity index (χ1v) is 6.11. The molecule has 0 aliphatic carbocycles. The Morgan fingerprint density at radius 3 is 2.65 bits per heavy atom. The van der Waals surface area contributed by atoms with Gasteiger partial charge in [-0.25, -0.2) is 14.0 Å². The van der Waals surface area contributed by atoms with Crippen LogP contribution in [0.2, 0.25) is 0 Å². The normalized spacial score (nSPS) is 18.7. The number of carbonyl (C=O) groups is 2. The molecule has 1 aliphatic rings. The van der Waals surface area contributed by atoms with E-state index in [1.54, 1.807) is 0 Å². The Balaban J connectivity index is 2.16. The maximum Gasteiger partial charge on any atom is 0.328 e. The lowest BCUT2D eigenvalue weighted by Gasteiger charge is -2.35. The predicted molar refractivity (Wildman–Crippen MR) is 69.1 cm³/mol. The highest BCUT2D eigenvalue weighted by Gasteiger charge is 2.34. The number of anilines is 1. The van der Waals surface area contributed by atoms with Gasteiger partial charge in [-0.05, 0) is 24.3 Å². The second-order valence-electron chi connectivity index (χ2n) is 4.44. The quantitative estimate of drug-likeness (QED) is 0.884. The summed E-state index contributed by atoms with van der Waals surface area (Å²) in [4.78, 5) is 26.0. The van der Waals surface area contributed by atoms with Crippen LogP contribution in [0.15, 0.2) is 24.3 Å². The Labute approximate surface area is 115 Å². The third-order valence-electron chi connectivity index (χ3n) is 3.16. The van der Waals surface area contributed by atoms with Crippen molar-refractivity contribution in [1.82, 2.24) is 4.90 Å². The lowest BCUT2D eigenvalue weighted by atomic mass is 10.2. The van der Waals surface area contributed by atoms with Crippen LogP contribution < -0.4 is 4.90 Å². The first-order chi connectivity index (χ1) is 9.50. The topological polar surface area (TPSA) is 70.1 Å². The highest BCUT2D eigenvalue weighted by atomic mass is 19.1. The molecule has 0 bridgehead atoms. The number of morpholine rings is 1. The van der Waals surface area contributed by atoms with Crippen LogP contribution in [0.3, 0.4) is 0 Å². The van der Waals surface area contributed by atoms with Gasteiger partial charge in [0.15, 0.2) is 6.04 Å². The number of halogens is 1. The molecule has 0 saturated carbocycles. The standard InChI is InChI=1S/C13H15FN2O4/c1-15(10-4-2-9(14)3-5-10)13(19)16-6-7-20-8-11(16)12(17)18/h2-5,11H,6-8H2,1H3,(H,17,18). The Morgan fingerprint density at radius 2 is 2.05 bits per heavy atom. The second-order valence-corrected chi connectivity index (χ2v) is 4.44. The summed E-state index contributed by atoms with van der Waals surface area (Å²) in [5.74, 6) is -1.50. The van der Waals surface area contributed by atoms with E-state index >= 15 is 0 Å². The number of aliphatic carboxylic acids is 1. The number of rotatable bonds is 2. The van der Waals surface area contributed by atoms with E-state index in [2.05, 4.69) is 0 Å². The molecule has 1 fully saturated rings. The molecule has 7 heteroatoms. The van der Waals surface area contributed by atoms with Crippen molar-refractivity contribution in [3.8, 4) is 0 Å². The number of amides is 2. The number of carboxylic acid groups (broad SMARTS) is 1. The van der Waals surface area contributed by atoms with Crippen LogP contribution in [0.1, 0.15) is 0 Å². The van der Waals surface area contributed by atoms with Crippen LogP contribution in [0.5, 0.6) is 0 Å². The number of urea groups is 1. The predicted octanol–water partition coefficient (Wildman–Crippen LogP) is 1.17. The van der Waals surface area contributed by atoms with Crippen molar-refractivity contribution in [2.75, 3.05) is 31.7 Å². The van der Waals surface area contributed by atoms with Crippen LogP contribution in [0.4, 0.5) is 14.9 Å². The van der Waals surface area contributed by atoms with Crippen molar-refractivity contribution in [2.45, 2.75) is 6.04 Å². The molecule has 1 heterocycles. The van der Waals surface area contributed by atoms with Crippen LogP contribution in [0.25, 0.3) is 0 Å². The molecule has 1 aliphatic heterocycles. The lowest BCUT2D eigenvalue weighted by molar-refractivity contribution is -0.147. The second kappa shape index (κ2) is 5.87. The van der Waals surface area contributed by atoms with Crippen LogP contribution in [0, 0.1) is 5.82 Å². The van der Waals surface area contributed by atoms with E-state index in [4.69, 9.17) is 9.84 Å². The van der Waals surface area contributed by atoms with Crippen LogP contribution in [-0.4, -0.2) is 54.9 Å². The zero-order chi connectivity index (χ0) is 14.7.